The number of rotatable bonds is 6. The summed E-state index contributed by atoms with van der Waals surface area (Å²) in [6, 6.07) is 15.6. The van der Waals surface area contributed by atoms with Gasteiger partial charge in [-0.1, -0.05) is 59.8 Å². The molecule has 0 saturated heterocycles. The average Bonchev–Trinajstić information content (AvgIpc) is 2.52. The molecule has 0 saturated carbocycles. The molecule has 0 aliphatic carbocycles. The van der Waals surface area contributed by atoms with Crippen molar-refractivity contribution in [1.29, 1.82) is 0 Å². The Morgan fingerprint density at radius 2 is 1.82 bits per heavy atom. The molecule has 2 aromatic rings. The van der Waals surface area contributed by atoms with Gasteiger partial charge in [0.05, 0.1) is 0 Å². The Labute approximate surface area is 135 Å². The van der Waals surface area contributed by atoms with Gasteiger partial charge in [0.1, 0.15) is 30.2 Å². The minimum Gasteiger partial charge on any atom is -0.489 e. The number of benzene rings is 2. The Hall–Kier alpha value is -2.40. The Morgan fingerprint density at radius 1 is 1.14 bits per heavy atom. The van der Waals surface area contributed by atoms with Crippen molar-refractivity contribution < 1.29 is 9.57 Å². The lowest BCUT2D eigenvalue weighted by atomic mass is 10.0. The molecule has 0 aliphatic heterocycles. The number of hydrogen-bond donors (Lipinski definition) is 1. The van der Waals surface area contributed by atoms with Crippen LogP contribution in [0.4, 0.5) is 0 Å². The summed E-state index contributed by atoms with van der Waals surface area (Å²) in [6.07, 6.45) is 0. The third kappa shape index (κ3) is 3.83. The van der Waals surface area contributed by atoms with E-state index < -0.39 is 0 Å². The van der Waals surface area contributed by atoms with E-state index in [2.05, 4.69) is 5.16 Å². The lowest BCUT2D eigenvalue weighted by Crippen LogP contribution is -2.24. The largest absolute Gasteiger partial charge is 0.489 e. The molecule has 22 heavy (non-hydrogen) atoms. The van der Waals surface area contributed by atoms with Crippen LogP contribution in [-0.2, 0) is 11.4 Å². The summed E-state index contributed by atoms with van der Waals surface area (Å²) in [4.78, 5) is 5.02. The van der Waals surface area contributed by atoms with E-state index >= 15 is 0 Å². The Bertz CT molecular complexity index is 699. The Balaban J connectivity index is 2.27. The average molecular weight is 314 g/mol. The molecule has 0 aromatic heterocycles. The monoisotopic (exact) mass is 314 g/mol. The van der Waals surface area contributed by atoms with Gasteiger partial charge in [0.15, 0.2) is 0 Å². The molecule has 2 rings (SSSR count). The number of thiocarbonyl (C=S) groups is 1. The fraction of sp³-hybridized carbons (Fsp3) is 0.176. The first-order valence-corrected chi connectivity index (χ1v) is 7.22. The predicted octanol–water partition coefficient (Wildman–Crippen LogP) is 3.21. The SMILES string of the molecule is CON=C(C(N)=S)c1ccccc1COc1ccccc1C. The number of ether oxygens (including phenoxy) is 1. The number of nitrogens with zero attached hydrogens (tertiary/aromatic N) is 1. The normalized spacial score (nSPS) is 11.1. The fourth-order valence-corrected chi connectivity index (χ4v) is 2.22. The van der Waals surface area contributed by atoms with E-state index in [4.69, 9.17) is 27.5 Å². The van der Waals surface area contributed by atoms with Gasteiger partial charge in [-0.2, -0.15) is 0 Å². The van der Waals surface area contributed by atoms with E-state index in [1.807, 2.05) is 55.5 Å². The van der Waals surface area contributed by atoms with Crippen LogP contribution in [0.25, 0.3) is 0 Å². The van der Waals surface area contributed by atoms with Crippen LogP contribution in [0.5, 0.6) is 5.75 Å². The van der Waals surface area contributed by atoms with Gasteiger partial charge in [0, 0.05) is 5.56 Å². The smallest absolute Gasteiger partial charge is 0.144 e. The molecular formula is C17H18N2O2S. The molecule has 0 fully saturated rings. The van der Waals surface area contributed by atoms with Crippen LogP contribution < -0.4 is 10.5 Å². The molecule has 0 heterocycles. The second-order valence-corrected chi connectivity index (χ2v) is 5.14. The van der Waals surface area contributed by atoms with E-state index in [1.165, 1.54) is 7.11 Å². The maximum Gasteiger partial charge on any atom is 0.144 e. The van der Waals surface area contributed by atoms with E-state index in [0.29, 0.717) is 12.3 Å². The lowest BCUT2D eigenvalue weighted by Gasteiger charge is -2.13. The zero-order chi connectivity index (χ0) is 15.9. The molecule has 2 N–H and O–H groups in total. The number of nitrogens with two attached hydrogens (primary N) is 1. The second-order valence-electron chi connectivity index (χ2n) is 4.70. The van der Waals surface area contributed by atoms with Crippen molar-refractivity contribution in [2.24, 2.45) is 10.9 Å². The fourth-order valence-electron chi connectivity index (χ4n) is 2.07. The standard InChI is InChI=1S/C17H18N2O2S/c1-12-7-3-6-10-15(12)21-11-13-8-4-5-9-14(13)16(17(18)22)19-20-2/h3-10H,11H2,1-2H3,(H2,18,22). The minimum atomic E-state index is 0.185. The van der Waals surface area contributed by atoms with Gasteiger partial charge in [-0.15, -0.1) is 0 Å². The number of para-hydroxylation sites is 1. The number of oxime groups is 1. The van der Waals surface area contributed by atoms with Gasteiger partial charge in [-0.25, -0.2) is 0 Å². The van der Waals surface area contributed by atoms with Gasteiger partial charge in [-0.3, -0.25) is 0 Å². The maximum absolute atomic E-state index is 5.89. The molecule has 0 amide bonds. The van der Waals surface area contributed by atoms with Gasteiger partial charge in [-0.05, 0) is 24.1 Å². The van der Waals surface area contributed by atoms with Crippen LogP contribution in [0.15, 0.2) is 53.7 Å². The first-order valence-electron chi connectivity index (χ1n) is 6.81. The highest BCUT2D eigenvalue weighted by molar-refractivity contribution is 7.82. The Morgan fingerprint density at radius 3 is 2.50 bits per heavy atom. The summed E-state index contributed by atoms with van der Waals surface area (Å²) in [7, 11) is 1.46. The van der Waals surface area contributed by atoms with Crippen LogP contribution in [0.3, 0.4) is 0 Å². The first kappa shape index (κ1) is 16.0. The quantitative estimate of drug-likeness (QED) is 0.505. The third-order valence-electron chi connectivity index (χ3n) is 3.17. The molecule has 0 spiro atoms. The van der Waals surface area contributed by atoms with E-state index in [9.17, 15) is 0 Å². The van der Waals surface area contributed by atoms with Crippen molar-refractivity contribution >= 4 is 22.9 Å². The van der Waals surface area contributed by atoms with Gasteiger partial charge >= 0.3 is 0 Å². The first-order chi connectivity index (χ1) is 10.6. The van der Waals surface area contributed by atoms with E-state index in [0.717, 1.165) is 22.4 Å². The van der Waals surface area contributed by atoms with Crippen LogP contribution >= 0.6 is 12.2 Å². The van der Waals surface area contributed by atoms with Crippen molar-refractivity contribution in [1.82, 2.24) is 0 Å². The highest BCUT2D eigenvalue weighted by Gasteiger charge is 2.13. The number of hydrogen-bond acceptors (Lipinski definition) is 4. The van der Waals surface area contributed by atoms with E-state index in [-0.39, 0.29) is 4.99 Å². The summed E-state index contributed by atoms with van der Waals surface area (Å²) >= 11 is 5.05. The highest BCUT2D eigenvalue weighted by Crippen LogP contribution is 2.19. The van der Waals surface area contributed by atoms with Gasteiger partial charge < -0.3 is 15.3 Å². The molecule has 0 aliphatic rings. The summed E-state index contributed by atoms with van der Waals surface area (Å²) < 4.78 is 5.89. The summed E-state index contributed by atoms with van der Waals surface area (Å²) in [5.41, 5.74) is 9.01. The van der Waals surface area contributed by atoms with Gasteiger partial charge in [0.2, 0.25) is 0 Å². The van der Waals surface area contributed by atoms with Crippen molar-refractivity contribution in [3.63, 3.8) is 0 Å². The van der Waals surface area contributed by atoms with Crippen molar-refractivity contribution in [3.8, 4) is 5.75 Å². The molecule has 114 valence electrons. The third-order valence-corrected chi connectivity index (χ3v) is 3.36. The molecular weight excluding hydrogens is 296 g/mol. The Kier molecular flexibility index (Phi) is 5.49. The minimum absolute atomic E-state index is 0.185. The summed E-state index contributed by atoms with van der Waals surface area (Å²) in [5.74, 6) is 0.845. The second kappa shape index (κ2) is 7.56. The number of aryl methyl sites for hydroxylation is 1. The van der Waals surface area contributed by atoms with Gasteiger partial charge in [0.25, 0.3) is 0 Å². The molecule has 0 atom stereocenters. The summed E-state index contributed by atoms with van der Waals surface area (Å²) in [5, 5.41) is 3.92. The van der Waals surface area contributed by atoms with Crippen molar-refractivity contribution in [3.05, 3.63) is 65.2 Å². The maximum atomic E-state index is 5.89. The highest BCUT2D eigenvalue weighted by atomic mass is 32.1. The molecule has 0 bridgehead atoms. The van der Waals surface area contributed by atoms with E-state index in [1.54, 1.807) is 0 Å². The van der Waals surface area contributed by atoms with Crippen molar-refractivity contribution in [2.75, 3.05) is 7.11 Å². The predicted molar refractivity (Wildman–Crippen MR) is 92.3 cm³/mol. The van der Waals surface area contributed by atoms with Crippen molar-refractivity contribution in [2.45, 2.75) is 13.5 Å². The summed E-state index contributed by atoms with van der Waals surface area (Å²) in [6.45, 7) is 2.40. The van der Waals surface area contributed by atoms with Crippen LogP contribution in [0.1, 0.15) is 16.7 Å². The van der Waals surface area contributed by atoms with Crippen LogP contribution in [0.2, 0.25) is 0 Å². The molecule has 2 aromatic carbocycles. The molecule has 5 heteroatoms. The molecule has 4 nitrogen and oxygen atoms in total. The molecule has 0 unspecified atom stereocenters. The zero-order valence-electron chi connectivity index (χ0n) is 12.6. The lowest BCUT2D eigenvalue weighted by molar-refractivity contribution is 0.214. The topological polar surface area (TPSA) is 56.8 Å². The molecule has 0 radical (unpaired) electrons. The van der Waals surface area contributed by atoms with Crippen LogP contribution in [0, 0.1) is 6.92 Å². The van der Waals surface area contributed by atoms with Crippen LogP contribution in [-0.4, -0.2) is 17.8 Å². The zero-order valence-corrected chi connectivity index (χ0v) is 13.4.